The van der Waals surface area contributed by atoms with Crippen LogP contribution in [-0.2, 0) is 14.3 Å². The molecule has 0 spiro atoms. The van der Waals surface area contributed by atoms with Crippen molar-refractivity contribution >= 4 is 46.1 Å². The van der Waals surface area contributed by atoms with Gasteiger partial charge in [0, 0.05) is 13.1 Å². The Morgan fingerprint density at radius 3 is 1.51 bits per heavy atom. The Bertz CT molecular complexity index is 2230. The topological polar surface area (TPSA) is 186 Å². The van der Waals surface area contributed by atoms with Crippen molar-refractivity contribution in [3.05, 3.63) is 72.3 Å². The van der Waals surface area contributed by atoms with E-state index in [1.54, 1.807) is 4.90 Å². The van der Waals surface area contributed by atoms with Gasteiger partial charge >= 0.3 is 12.2 Å². The van der Waals surface area contributed by atoms with Gasteiger partial charge in [0.1, 0.15) is 23.7 Å². The molecule has 4 heterocycles. The number of ether oxygens (including phenoxy) is 1. The molecule has 7 rings (SSSR count). The Labute approximate surface area is 319 Å². The van der Waals surface area contributed by atoms with Crippen LogP contribution in [0.5, 0.6) is 0 Å². The van der Waals surface area contributed by atoms with Crippen molar-refractivity contribution in [2.45, 2.75) is 77.5 Å². The van der Waals surface area contributed by atoms with Crippen molar-refractivity contribution in [3.8, 4) is 22.3 Å². The van der Waals surface area contributed by atoms with E-state index in [1.807, 2.05) is 56.9 Å². The molecular weight excluding hydrogens is 701 g/mol. The molecule has 14 nitrogen and oxygen atoms in total. The highest BCUT2D eigenvalue weighted by Gasteiger charge is 2.39. The van der Waals surface area contributed by atoms with E-state index < -0.39 is 24.3 Å². The summed E-state index contributed by atoms with van der Waals surface area (Å²) in [4.78, 5) is 70.6. The van der Waals surface area contributed by atoms with Crippen LogP contribution in [0.2, 0.25) is 0 Å². The number of fused-ring (bicyclic) bond motifs is 2. The number of imidazole rings is 2. The number of alkyl carbamates (subject to hydrolysis) is 1. The number of nitrogens with one attached hydrogen (secondary N) is 4. The van der Waals surface area contributed by atoms with Gasteiger partial charge in [0.15, 0.2) is 0 Å². The van der Waals surface area contributed by atoms with Crippen LogP contribution in [0.1, 0.15) is 77.1 Å². The molecule has 3 aromatic carbocycles. The van der Waals surface area contributed by atoms with Gasteiger partial charge in [-0.2, -0.15) is 0 Å². The Hall–Kier alpha value is -5.92. The lowest BCUT2D eigenvalue weighted by Crippen LogP contribution is -2.51. The molecular formula is C41H48N8O6. The maximum atomic E-state index is 13.6. The minimum atomic E-state index is -1.21. The second kappa shape index (κ2) is 15.4. The normalized spacial score (nSPS) is 18.3. The van der Waals surface area contributed by atoms with Gasteiger partial charge in [-0.3, -0.25) is 9.59 Å². The first-order valence-electron chi connectivity index (χ1n) is 19.0. The van der Waals surface area contributed by atoms with Gasteiger partial charge < -0.3 is 40.2 Å². The fraction of sp³-hybridized carbons (Fsp3) is 0.415. The van der Waals surface area contributed by atoms with Crippen molar-refractivity contribution in [1.82, 2.24) is 40.4 Å². The number of benzene rings is 3. The van der Waals surface area contributed by atoms with Crippen molar-refractivity contribution in [1.29, 1.82) is 0 Å². The number of likely N-dealkylation sites (tertiary alicyclic amines) is 2. The average Bonchev–Trinajstić information content (AvgIpc) is 3.99. The standard InChI is InChI=1S/C41H48N8O6/c1-22(2)34(46-40(52)53)38(50)48-18-6-8-32(48)36-42-28-16-14-26(20-30(28)44-36)24-10-12-25(13-11-24)27-15-17-29-31(21-27)45-37(43-29)33-9-7-19-49(33)39(51)35(23(3)4)47-41(54)55-5/h10-17,20-23,32-35,46H,6-9,18-19H2,1-5H3,(H,42,44)(H,43,45)(H,47,54)(H,52,53). The molecule has 4 atom stereocenters. The van der Waals surface area contributed by atoms with Gasteiger partial charge in [-0.05, 0) is 84.0 Å². The molecule has 2 fully saturated rings. The molecule has 4 unspecified atom stereocenters. The number of hydrogen-bond acceptors (Lipinski definition) is 7. The van der Waals surface area contributed by atoms with Crippen LogP contribution in [-0.4, -0.2) is 91.1 Å². The van der Waals surface area contributed by atoms with Gasteiger partial charge in [0.25, 0.3) is 0 Å². The van der Waals surface area contributed by atoms with E-state index >= 15 is 0 Å². The number of amides is 4. The second-order valence-corrected chi connectivity index (χ2v) is 15.2. The lowest BCUT2D eigenvalue weighted by molar-refractivity contribution is -0.136. The molecule has 0 aliphatic carbocycles. The minimum Gasteiger partial charge on any atom is -0.465 e. The molecule has 5 N–H and O–H groups in total. The molecule has 2 aliphatic heterocycles. The smallest absolute Gasteiger partial charge is 0.407 e. The quantitative estimate of drug-likeness (QED) is 0.104. The number of rotatable bonds is 10. The van der Waals surface area contributed by atoms with Gasteiger partial charge in [0.2, 0.25) is 11.8 Å². The molecule has 0 radical (unpaired) electrons. The third-order valence-electron chi connectivity index (χ3n) is 10.9. The zero-order valence-electron chi connectivity index (χ0n) is 31.8. The van der Waals surface area contributed by atoms with Crippen LogP contribution >= 0.6 is 0 Å². The highest BCUT2D eigenvalue weighted by atomic mass is 16.5. The summed E-state index contributed by atoms with van der Waals surface area (Å²) >= 11 is 0. The lowest BCUT2D eigenvalue weighted by Gasteiger charge is -2.29. The first-order chi connectivity index (χ1) is 26.4. The minimum absolute atomic E-state index is 0.111. The van der Waals surface area contributed by atoms with Gasteiger partial charge in [0.05, 0.1) is 41.3 Å². The summed E-state index contributed by atoms with van der Waals surface area (Å²) in [5, 5.41) is 14.4. The molecule has 55 heavy (non-hydrogen) atoms. The first-order valence-corrected chi connectivity index (χ1v) is 19.0. The highest BCUT2D eigenvalue weighted by Crippen LogP contribution is 2.36. The molecule has 288 valence electrons. The predicted octanol–water partition coefficient (Wildman–Crippen LogP) is 6.77. The molecule has 2 saturated heterocycles. The third-order valence-corrected chi connectivity index (χ3v) is 10.9. The van der Waals surface area contributed by atoms with Crippen molar-refractivity contribution in [2.24, 2.45) is 11.8 Å². The maximum absolute atomic E-state index is 13.6. The summed E-state index contributed by atoms with van der Waals surface area (Å²) in [6.07, 6.45) is 1.34. The lowest BCUT2D eigenvalue weighted by atomic mass is 10.00. The average molecular weight is 749 g/mol. The maximum Gasteiger partial charge on any atom is 0.407 e. The molecule has 0 saturated carbocycles. The second-order valence-electron chi connectivity index (χ2n) is 15.2. The number of H-pyrrole nitrogens is 2. The van der Waals surface area contributed by atoms with E-state index in [2.05, 4.69) is 57.0 Å². The molecule has 2 aromatic heterocycles. The van der Waals surface area contributed by atoms with E-state index in [1.165, 1.54) is 7.11 Å². The molecule has 14 heteroatoms. The van der Waals surface area contributed by atoms with Crippen LogP contribution in [0.4, 0.5) is 9.59 Å². The summed E-state index contributed by atoms with van der Waals surface area (Å²) in [6, 6.07) is 18.6. The number of aromatic amines is 2. The van der Waals surface area contributed by atoms with Crippen molar-refractivity contribution in [3.63, 3.8) is 0 Å². The molecule has 5 aromatic rings. The number of aromatic nitrogens is 4. The Morgan fingerprint density at radius 1 is 0.691 bits per heavy atom. The van der Waals surface area contributed by atoms with Gasteiger partial charge in [-0.1, -0.05) is 64.1 Å². The van der Waals surface area contributed by atoms with E-state index in [0.29, 0.717) is 18.9 Å². The summed E-state index contributed by atoms with van der Waals surface area (Å²) in [5.74, 6) is 0.757. The van der Waals surface area contributed by atoms with Crippen LogP contribution < -0.4 is 10.6 Å². The molecule has 4 amide bonds. The number of methoxy groups -OCH3 is 1. The number of carbonyl (C=O) groups excluding carboxylic acids is 3. The summed E-state index contributed by atoms with van der Waals surface area (Å²) < 4.78 is 4.76. The van der Waals surface area contributed by atoms with Crippen LogP contribution in [0.15, 0.2) is 60.7 Å². The number of nitrogens with zero attached hydrogens (tertiary/aromatic N) is 4. The van der Waals surface area contributed by atoms with E-state index in [-0.39, 0.29) is 35.7 Å². The number of carbonyl (C=O) groups is 4. The molecule has 0 bridgehead atoms. The first kappa shape index (κ1) is 37.4. The van der Waals surface area contributed by atoms with Crippen molar-refractivity contribution in [2.75, 3.05) is 20.2 Å². The Morgan fingerprint density at radius 2 is 1.11 bits per heavy atom. The fourth-order valence-electron chi connectivity index (χ4n) is 7.92. The number of carboxylic acid groups (broad SMARTS) is 1. The van der Waals surface area contributed by atoms with E-state index in [4.69, 9.17) is 14.7 Å². The molecule has 2 aliphatic rings. The largest absolute Gasteiger partial charge is 0.465 e. The summed E-state index contributed by atoms with van der Waals surface area (Å²) in [6.45, 7) is 8.61. The van der Waals surface area contributed by atoms with Crippen molar-refractivity contribution < 1.29 is 29.0 Å². The highest BCUT2D eigenvalue weighted by molar-refractivity contribution is 5.88. The van der Waals surface area contributed by atoms with Gasteiger partial charge in [-0.15, -0.1) is 0 Å². The zero-order chi connectivity index (χ0) is 39.0. The number of hydrogen-bond donors (Lipinski definition) is 5. The Kier molecular flexibility index (Phi) is 10.5. The van der Waals surface area contributed by atoms with E-state index in [0.717, 1.165) is 75.8 Å². The third kappa shape index (κ3) is 7.58. The monoisotopic (exact) mass is 748 g/mol. The van der Waals surface area contributed by atoms with Crippen LogP contribution in [0, 0.1) is 11.8 Å². The Balaban J connectivity index is 1.07. The van der Waals surface area contributed by atoms with Crippen LogP contribution in [0.3, 0.4) is 0 Å². The summed E-state index contributed by atoms with van der Waals surface area (Å²) in [7, 11) is 1.29. The summed E-state index contributed by atoms with van der Waals surface area (Å²) in [5.41, 5.74) is 7.48. The predicted molar refractivity (Wildman–Crippen MR) is 208 cm³/mol. The zero-order valence-corrected chi connectivity index (χ0v) is 31.8. The van der Waals surface area contributed by atoms with Crippen LogP contribution in [0.25, 0.3) is 44.3 Å². The van der Waals surface area contributed by atoms with Gasteiger partial charge in [-0.25, -0.2) is 19.6 Å². The van der Waals surface area contributed by atoms with E-state index in [9.17, 15) is 24.3 Å². The fourth-order valence-corrected chi connectivity index (χ4v) is 7.92. The SMILES string of the molecule is COC(=O)NC(C(=O)N1CCCC1c1nc2ccc(-c3ccc(-c4ccc5nc(C6CCCN6C(=O)C(NC(=O)O)C(C)C)[nH]c5c4)cc3)cc2[nH]1)C(C)C.